The summed E-state index contributed by atoms with van der Waals surface area (Å²) >= 11 is 0. The number of nitrogens with zero attached hydrogens (tertiary/aromatic N) is 1. The van der Waals surface area contributed by atoms with Gasteiger partial charge in [-0.25, -0.2) is 0 Å². The number of rotatable bonds is 6. The molecule has 0 aromatic heterocycles. The zero-order valence-corrected chi connectivity index (χ0v) is 8.14. The first-order valence-electron chi connectivity index (χ1n) is 4.68. The van der Waals surface area contributed by atoms with E-state index in [1.165, 1.54) is 19.4 Å². The second-order valence-electron chi connectivity index (χ2n) is 3.22. The topological polar surface area (TPSA) is 29.3 Å². The van der Waals surface area contributed by atoms with Crippen LogP contribution in [0.4, 0.5) is 0 Å². The Hall–Kier alpha value is -0.0800. The van der Waals surface area contributed by atoms with E-state index in [0.717, 1.165) is 13.1 Å². The summed E-state index contributed by atoms with van der Waals surface area (Å²) in [4.78, 5) is 2.41. The summed E-state index contributed by atoms with van der Waals surface area (Å²) in [5.74, 6) is 0. The summed E-state index contributed by atoms with van der Waals surface area (Å²) < 4.78 is 0. The van der Waals surface area contributed by atoms with Crippen LogP contribution in [-0.4, -0.2) is 30.6 Å². The summed E-state index contributed by atoms with van der Waals surface area (Å²) in [6.45, 7) is 9.85. The van der Waals surface area contributed by atoms with Crippen molar-refractivity contribution in [2.24, 2.45) is 5.73 Å². The molecular formula is C9H22N2. The summed E-state index contributed by atoms with van der Waals surface area (Å²) in [7, 11) is 0. The van der Waals surface area contributed by atoms with Gasteiger partial charge in [-0.1, -0.05) is 20.3 Å². The van der Waals surface area contributed by atoms with Crippen LogP contribution in [0.25, 0.3) is 0 Å². The van der Waals surface area contributed by atoms with Gasteiger partial charge in [0.2, 0.25) is 0 Å². The van der Waals surface area contributed by atoms with Crippen molar-refractivity contribution in [1.29, 1.82) is 0 Å². The third-order valence-electron chi connectivity index (χ3n) is 1.82. The van der Waals surface area contributed by atoms with E-state index in [4.69, 9.17) is 5.73 Å². The molecular weight excluding hydrogens is 136 g/mol. The average Bonchev–Trinajstić information content (AvgIpc) is 1.97. The van der Waals surface area contributed by atoms with E-state index in [1.54, 1.807) is 0 Å². The van der Waals surface area contributed by atoms with Crippen molar-refractivity contribution in [3.8, 4) is 0 Å². The van der Waals surface area contributed by atoms with E-state index in [0.29, 0.717) is 6.04 Å². The Bertz CT molecular complexity index is 81.6. The Labute approximate surface area is 70.8 Å². The number of likely N-dealkylation sites (N-methyl/N-ethyl adjacent to an activating group) is 1. The molecule has 0 aromatic rings. The van der Waals surface area contributed by atoms with Gasteiger partial charge < -0.3 is 10.6 Å². The maximum Gasteiger partial charge on any atom is 0.0139 e. The molecule has 0 rings (SSSR count). The van der Waals surface area contributed by atoms with Gasteiger partial charge in [-0.3, -0.25) is 0 Å². The monoisotopic (exact) mass is 158 g/mol. The van der Waals surface area contributed by atoms with Gasteiger partial charge in [0.1, 0.15) is 0 Å². The van der Waals surface area contributed by atoms with Gasteiger partial charge in [0, 0.05) is 12.6 Å². The van der Waals surface area contributed by atoms with Crippen LogP contribution < -0.4 is 5.73 Å². The molecule has 0 fully saturated rings. The lowest BCUT2D eigenvalue weighted by Gasteiger charge is -2.21. The van der Waals surface area contributed by atoms with Gasteiger partial charge >= 0.3 is 0 Å². The van der Waals surface area contributed by atoms with Crippen molar-refractivity contribution in [2.45, 2.75) is 39.7 Å². The van der Waals surface area contributed by atoms with E-state index >= 15 is 0 Å². The zero-order chi connectivity index (χ0) is 8.69. The largest absolute Gasteiger partial charge is 0.327 e. The van der Waals surface area contributed by atoms with E-state index in [1.807, 2.05) is 0 Å². The molecule has 0 heterocycles. The molecule has 2 nitrogen and oxygen atoms in total. The molecule has 2 heteroatoms. The maximum absolute atomic E-state index is 5.70. The Morgan fingerprint density at radius 3 is 2.36 bits per heavy atom. The van der Waals surface area contributed by atoms with Crippen molar-refractivity contribution in [1.82, 2.24) is 4.90 Å². The van der Waals surface area contributed by atoms with Gasteiger partial charge in [0.25, 0.3) is 0 Å². The number of nitrogens with two attached hydrogens (primary N) is 1. The van der Waals surface area contributed by atoms with Gasteiger partial charge in [0.05, 0.1) is 0 Å². The Morgan fingerprint density at radius 2 is 2.00 bits per heavy atom. The maximum atomic E-state index is 5.70. The molecule has 68 valence electrons. The summed E-state index contributed by atoms with van der Waals surface area (Å²) in [6, 6.07) is 0.312. The summed E-state index contributed by atoms with van der Waals surface area (Å²) in [6.07, 6.45) is 2.57. The lowest BCUT2D eigenvalue weighted by atomic mass is 10.2. The minimum absolute atomic E-state index is 0.312. The minimum atomic E-state index is 0.312. The molecule has 1 atom stereocenters. The molecule has 2 N–H and O–H groups in total. The number of hydrogen-bond donors (Lipinski definition) is 1. The molecule has 0 bridgehead atoms. The molecule has 0 aromatic carbocycles. The number of hydrogen-bond acceptors (Lipinski definition) is 2. The first-order chi connectivity index (χ1) is 5.20. The van der Waals surface area contributed by atoms with Crippen molar-refractivity contribution in [3.63, 3.8) is 0 Å². The Kier molecular flexibility index (Phi) is 6.57. The Morgan fingerprint density at radius 1 is 1.36 bits per heavy atom. The van der Waals surface area contributed by atoms with E-state index < -0.39 is 0 Å². The van der Waals surface area contributed by atoms with Crippen molar-refractivity contribution >= 4 is 0 Å². The highest BCUT2D eigenvalue weighted by Crippen LogP contribution is 1.95. The standard InChI is InChI=1S/C9H22N2/c1-4-6-7-11(5-2)8-9(3)10/h9H,4-8,10H2,1-3H3. The van der Waals surface area contributed by atoms with Gasteiger partial charge in [0.15, 0.2) is 0 Å². The first-order valence-corrected chi connectivity index (χ1v) is 4.68. The zero-order valence-electron chi connectivity index (χ0n) is 8.14. The predicted octanol–water partition coefficient (Wildman–Crippen LogP) is 1.46. The smallest absolute Gasteiger partial charge is 0.0139 e. The van der Waals surface area contributed by atoms with Gasteiger partial charge in [-0.05, 0) is 26.4 Å². The average molecular weight is 158 g/mol. The SMILES string of the molecule is CCCCN(CC)CC(C)N. The van der Waals surface area contributed by atoms with Crippen molar-refractivity contribution in [2.75, 3.05) is 19.6 Å². The Balaban J connectivity index is 3.41. The normalized spacial score (nSPS) is 13.9. The molecule has 0 aliphatic rings. The van der Waals surface area contributed by atoms with Crippen LogP contribution in [0.3, 0.4) is 0 Å². The molecule has 0 aliphatic heterocycles. The van der Waals surface area contributed by atoms with E-state index in [2.05, 4.69) is 25.7 Å². The van der Waals surface area contributed by atoms with Crippen LogP contribution in [-0.2, 0) is 0 Å². The van der Waals surface area contributed by atoms with Crippen molar-refractivity contribution in [3.05, 3.63) is 0 Å². The van der Waals surface area contributed by atoms with E-state index in [9.17, 15) is 0 Å². The van der Waals surface area contributed by atoms with E-state index in [-0.39, 0.29) is 0 Å². The van der Waals surface area contributed by atoms with Crippen LogP contribution in [0.1, 0.15) is 33.6 Å². The summed E-state index contributed by atoms with van der Waals surface area (Å²) in [5.41, 5.74) is 5.70. The van der Waals surface area contributed by atoms with Gasteiger partial charge in [-0.2, -0.15) is 0 Å². The summed E-state index contributed by atoms with van der Waals surface area (Å²) in [5, 5.41) is 0. The van der Waals surface area contributed by atoms with Crippen LogP contribution in [0.5, 0.6) is 0 Å². The fourth-order valence-electron chi connectivity index (χ4n) is 1.17. The van der Waals surface area contributed by atoms with Crippen LogP contribution >= 0.6 is 0 Å². The van der Waals surface area contributed by atoms with Crippen LogP contribution in [0, 0.1) is 0 Å². The van der Waals surface area contributed by atoms with Gasteiger partial charge in [-0.15, -0.1) is 0 Å². The van der Waals surface area contributed by atoms with Crippen molar-refractivity contribution < 1.29 is 0 Å². The highest BCUT2D eigenvalue weighted by atomic mass is 15.1. The molecule has 0 spiro atoms. The second-order valence-corrected chi connectivity index (χ2v) is 3.22. The molecule has 0 radical (unpaired) electrons. The predicted molar refractivity (Wildman–Crippen MR) is 50.7 cm³/mol. The fourth-order valence-corrected chi connectivity index (χ4v) is 1.17. The highest BCUT2D eigenvalue weighted by molar-refractivity contribution is 4.61. The molecule has 11 heavy (non-hydrogen) atoms. The quantitative estimate of drug-likeness (QED) is 0.634. The third kappa shape index (κ3) is 6.32. The second kappa shape index (κ2) is 6.62. The molecule has 1 unspecified atom stereocenters. The minimum Gasteiger partial charge on any atom is -0.327 e. The number of unbranched alkanes of at least 4 members (excludes halogenated alkanes) is 1. The molecule has 0 aliphatic carbocycles. The molecule has 0 saturated carbocycles. The lowest BCUT2D eigenvalue weighted by Crippen LogP contribution is -2.36. The highest BCUT2D eigenvalue weighted by Gasteiger charge is 2.02. The van der Waals surface area contributed by atoms with Crippen LogP contribution in [0.15, 0.2) is 0 Å². The molecule has 0 amide bonds. The third-order valence-corrected chi connectivity index (χ3v) is 1.82. The first kappa shape index (κ1) is 10.9. The fraction of sp³-hybridized carbons (Fsp3) is 1.00. The molecule has 0 saturated heterocycles. The lowest BCUT2D eigenvalue weighted by molar-refractivity contribution is 0.270. The van der Waals surface area contributed by atoms with Crippen LogP contribution in [0.2, 0.25) is 0 Å².